The minimum absolute atomic E-state index is 0.0449. The third-order valence-corrected chi connectivity index (χ3v) is 4.13. The maximum Gasteiger partial charge on any atom is 0.306 e. The normalized spacial score (nSPS) is 21.0. The van der Waals surface area contributed by atoms with Crippen LogP contribution in [-0.4, -0.2) is 37.6 Å². The second-order valence-corrected chi connectivity index (χ2v) is 5.79. The summed E-state index contributed by atoms with van der Waals surface area (Å²) in [4.78, 5) is 25.2. The Kier molecular flexibility index (Phi) is 4.83. The van der Waals surface area contributed by atoms with Gasteiger partial charge < -0.3 is 15.3 Å². The van der Waals surface area contributed by atoms with Crippen LogP contribution in [0.3, 0.4) is 0 Å². The lowest BCUT2D eigenvalue weighted by molar-refractivity contribution is -0.142. The maximum atomic E-state index is 12.2. The number of carbonyl (C=O) groups is 2. The van der Waals surface area contributed by atoms with E-state index in [9.17, 15) is 9.59 Å². The largest absolute Gasteiger partial charge is 0.481 e. The highest BCUT2D eigenvalue weighted by Gasteiger charge is 2.32. The number of amides is 1. The SMILES string of the molecule is CN(C)c1cccc(C(=O)NCC2CCCC2C(=O)O)c1. The van der Waals surface area contributed by atoms with Crippen molar-refractivity contribution in [3.63, 3.8) is 0 Å². The Balaban J connectivity index is 1.96. The number of carbonyl (C=O) groups excluding carboxylic acids is 1. The number of nitrogens with one attached hydrogen (secondary N) is 1. The Labute approximate surface area is 125 Å². The molecule has 1 aliphatic carbocycles. The summed E-state index contributed by atoms with van der Waals surface area (Å²) in [7, 11) is 3.85. The highest BCUT2D eigenvalue weighted by atomic mass is 16.4. The highest BCUT2D eigenvalue weighted by molar-refractivity contribution is 5.95. The minimum Gasteiger partial charge on any atom is -0.481 e. The summed E-state index contributed by atoms with van der Waals surface area (Å²) in [6, 6.07) is 7.39. The van der Waals surface area contributed by atoms with Gasteiger partial charge in [0.15, 0.2) is 0 Å². The zero-order valence-electron chi connectivity index (χ0n) is 12.5. The molecule has 1 fully saturated rings. The highest BCUT2D eigenvalue weighted by Crippen LogP contribution is 2.31. The number of hydrogen-bond donors (Lipinski definition) is 2. The number of nitrogens with zero attached hydrogens (tertiary/aromatic N) is 1. The lowest BCUT2D eigenvalue weighted by Crippen LogP contribution is -2.33. The number of aliphatic carboxylic acids is 1. The predicted molar refractivity (Wildman–Crippen MR) is 81.6 cm³/mol. The molecule has 0 aliphatic heterocycles. The van der Waals surface area contributed by atoms with E-state index in [1.807, 2.05) is 37.2 Å². The van der Waals surface area contributed by atoms with Crippen molar-refractivity contribution in [3.8, 4) is 0 Å². The smallest absolute Gasteiger partial charge is 0.306 e. The molecule has 5 heteroatoms. The summed E-state index contributed by atoms with van der Waals surface area (Å²) in [5.41, 5.74) is 1.57. The molecule has 0 spiro atoms. The summed E-state index contributed by atoms with van der Waals surface area (Å²) in [6.45, 7) is 0.433. The second-order valence-electron chi connectivity index (χ2n) is 5.79. The molecule has 1 aromatic carbocycles. The van der Waals surface area contributed by atoms with Crippen LogP contribution < -0.4 is 10.2 Å². The molecule has 0 bridgehead atoms. The topological polar surface area (TPSA) is 69.6 Å². The van der Waals surface area contributed by atoms with Crippen molar-refractivity contribution in [1.29, 1.82) is 0 Å². The lowest BCUT2D eigenvalue weighted by Gasteiger charge is -2.17. The summed E-state index contributed by atoms with van der Waals surface area (Å²) < 4.78 is 0. The van der Waals surface area contributed by atoms with Crippen LogP contribution in [0.4, 0.5) is 5.69 Å². The first kappa shape index (κ1) is 15.4. The fraction of sp³-hybridized carbons (Fsp3) is 0.500. The lowest BCUT2D eigenvalue weighted by atomic mass is 9.96. The molecule has 5 nitrogen and oxygen atoms in total. The van der Waals surface area contributed by atoms with E-state index in [1.165, 1.54) is 0 Å². The Morgan fingerprint density at radius 1 is 1.33 bits per heavy atom. The third-order valence-electron chi connectivity index (χ3n) is 4.13. The van der Waals surface area contributed by atoms with Crippen molar-refractivity contribution < 1.29 is 14.7 Å². The molecule has 21 heavy (non-hydrogen) atoms. The van der Waals surface area contributed by atoms with Crippen LogP contribution in [0.25, 0.3) is 0 Å². The van der Waals surface area contributed by atoms with Crippen LogP contribution in [0.15, 0.2) is 24.3 Å². The molecule has 0 radical (unpaired) electrons. The predicted octanol–water partition coefficient (Wildman–Crippen LogP) is 1.98. The third kappa shape index (κ3) is 3.74. The molecule has 1 saturated carbocycles. The van der Waals surface area contributed by atoms with E-state index in [0.717, 1.165) is 18.5 Å². The fourth-order valence-electron chi connectivity index (χ4n) is 2.86. The van der Waals surface area contributed by atoms with Crippen molar-refractivity contribution in [3.05, 3.63) is 29.8 Å². The van der Waals surface area contributed by atoms with Gasteiger partial charge in [-0.3, -0.25) is 9.59 Å². The Morgan fingerprint density at radius 3 is 2.76 bits per heavy atom. The zero-order valence-corrected chi connectivity index (χ0v) is 12.5. The van der Waals surface area contributed by atoms with E-state index in [0.29, 0.717) is 18.5 Å². The van der Waals surface area contributed by atoms with Gasteiger partial charge in [0, 0.05) is 31.9 Å². The molecule has 2 unspecified atom stereocenters. The van der Waals surface area contributed by atoms with Crippen molar-refractivity contribution in [2.75, 3.05) is 25.5 Å². The summed E-state index contributed by atoms with van der Waals surface area (Å²) >= 11 is 0. The first-order valence-corrected chi connectivity index (χ1v) is 7.27. The average Bonchev–Trinajstić information content (AvgIpc) is 2.93. The van der Waals surface area contributed by atoms with Gasteiger partial charge in [-0.25, -0.2) is 0 Å². The first-order valence-electron chi connectivity index (χ1n) is 7.27. The number of anilines is 1. The molecule has 0 heterocycles. The number of hydrogen-bond acceptors (Lipinski definition) is 3. The van der Waals surface area contributed by atoms with Crippen LogP contribution in [0, 0.1) is 11.8 Å². The Morgan fingerprint density at radius 2 is 2.10 bits per heavy atom. The van der Waals surface area contributed by atoms with Gasteiger partial charge in [-0.2, -0.15) is 0 Å². The summed E-state index contributed by atoms with van der Waals surface area (Å²) in [6.07, 6.45) is 2.51. The van der Waals surface area contributed by atoms with E-state index in [1.54, 1.807) is 6.07 Å². The maximum absolute atomic E-state index is 12.2. The summed E-state index contributed by atoms with van der Waals surface area (Å²) in [5.74, 6) is -1.17. The first-order chi connectivity index (χ1) is 9.99. The van der Waals surface area contributed by atoms with Crippen molar-refractivity contribution >= 4 is 17.6 Å². The van der Waals surface area contributed by atoms with Crippen LogP contribution in [-0.2, 0) is 4.79 Å². The molecule has 0 saturated heterocycles. The van der Waals surface area contributed by atoms with E-state index < -0.39 is 5.97 Å². The van der Waals surface area contributed by atoms with Gasteiger partial charge in [0.2, 0.25) is 0 Å². The minimum atomic E-state index is -0.749. The van der Waals surface area contributed by atoms with Gasteiger partial charge in [-0.1, -0.05) is 12.5 Å². The van der Waals surface area contributed by atoms with Crippen molar-refractivity contribution in [1.82, 2.24) is 5.32 Å². The molecule has 1 amide bonds. The van der Waals surface area contributed by atoms with Crippen LogP contribution in [0.1, 0.15) is 29.6 Å². The molecular weight excluding hydrogens is 268 g/mol. The van der Waals surface area contributed by atoms with Crippen molar-refractivity contribution in [2.45, 2.75) is 19.3 Å². The summed E-state index contributed by atoms with van der Waals surface area (Å²) in [5, 5.41) is 12.0. The number of carboxylic acids is 1. The Hall–Kier alpha value is -2.04. The van der Waals surface area contributed by atoms with Gasteiger partial charge in [0.05, 0.1) is 5.92 Å². The number of rotatable bonds is 5. The molecule has 0 aromatic heterocycles. The van der Waals surface area contributed by atoms with Crippen LogP contribution in [0.2, 0.25) is 0 Å². The average molecular weight is 290 g/mol. The van der Waals surface area contributed by atoms with Gasteiger partial charge in [-0.15, -0.1) is 0 Å². The van der Waals surface area contributed by atoms with E-state index in [2.05, 4.69) is 5.32 Å². The van der Waals surface area contributed by atoms with E-state index >= 15 is 0 Å². The van der Waals surface area contributed by atoms with Gasteiger partial charge in [0.1, 0.15) is 0 Å². The molecule has 2 rings (SSSR count). The quantitative estimate of drug-likeness (QED) is 0.870. The molecule has 1 aliphatic rings. The molecular formula is C16H22N2O3. The standard InChI is InChI=1S/C16H22N2O3/c1-18(2)13-7-3-5-11(9-13)15(19)17-10-12-6-4-8-14(12)16(20)21/h3,5,7,9,12,14H,4,6,8,10H2,1-2H3,(H,17,19)(H,20,21). The van der Waals surface area contributed by atoms with Gasteiger partial charge in [0.25, 0.3) is 5.91 Å². The number of carboxylic acid groups (broad SMARTS) is 1. The van der Waals surface area contributed by atoms with Gasteiger partial charge in [-0.05, 0) is 37.0 Å². The van der Waals surface area contributed by atoms with Crippen LogP contribution in [0.5, 0.6) is 0 Å². The molecule has 1 aromatic rings. The van der Waals surface area contributed by atoms with E-state index in [4.69, 9.17) is 5.11 Å². The number of benzene rings is 1. The molecule has 2 atom stereocenters. The van der Waals surface area contributed by atoms with Gasteiger partial charge >= 0.3 is 5.97 Å². The fourth-order valence-corrected chi connectivity index (χ4v) is 2.86. The zero-order chi connectivity index (χ0) is 15.4. The Bertz CT molecular complexity index is 528. The molecule has 114 valence electrons. The molecule has 2 N–H and O–H groups in total. The second kappa shape index (κ2) is 6.61. The van der Waals surface area contributed by atoms with Crippen LogP contribution >= 0.6 is 0 Å². The van der Waals surface area contributed by atoms with Crippen molar-refractivity contribution in [2.24, 2.45) is 11.8 Å². The van der Waals surface area contributed by atoms with E-state index in [-0.39, 0.29) is 17.7 Å². The monoisotopic (exact) mass is 290 g/mol.